The number of nitrogens with zero attached hydrogens (tertiary/aromatic N) is 1. The number of nitro groups is 1. The predicted molar refractivity (Wildman–Crippen MR) is 62.9 cm³/mol. The van der Waals surface area contributed by atoms with E-state index in [2.05, 4.69) is 5.32 Å². The first kappa shape index (κ1) is 12.8. The Morgan fingerprint density at radius 3 is 2.44 bits per heavy atom. The quantitative estimate of drug-likeness (QED) is 0.624. The third kappa shape index (κ3) is 3.39. The standard InChI is InChI=1S/C10H14N2O3S/c1-8(11-2)7-16(15)10-5-3-9(4-6-10)12(13)14/h3-6,8,11H,7H2,1-2H3. The molecular formula is C10H14N2O3S. The zero-order chi connectivity index (χ0) is 12.1. The highest BCUT2D eigenvalue weighted by molar-refractivity contribution is 7.85. The van der Waals surface area contributed by atoms with Crippen molar-refractivity contribution in [3.63, 3.8) is 0 Å². The molecule has 2 atom stereocenters. The van der Waals surface area contributed by atoms with E-state index in [0.29, 0.717) is 10.6 Å². The number of hydrogen-bond donors (Lipinski definition) is 1. The Bertz CT molecular complexity index is 392. The molecule has 2 unspecified atom stereocenters. The molecule has 0 spiro atoms. The van der Waals surface area contributed by atoms with Crippen LogP contribution in [0.4, 0.5) is 5.69 Å². The molecule has 0 amide bonds. The fourth-order valence-corrected chi connectivity index (χ4v) is 2.38. The number of rotatable bonds is 5. The van der Waals surface area contributed by atoms with Gasteiger partial charge in [0.05, 0.1) is 15.7 Å². The van der Waals surface area contributed by atoms with Crippen molar-refractivity contribution < 1.29 is 9.13 Å². The lowest BCUT2D eigenvalue weighted by Crippen LogP contribution is -2.27. The van der Waals surface area contributed by atoms with Crippen molar-refractivity contribution in [1.29, 1.82) is 0 Å². The number of non-ortho nitro benzene ring substituents is 1. The second kappa shape index (κ2) is 5.72. The van der Waals surface area contributed by atoms with Gasteiger partial charge < -0.3 is 5.32 Å². The van der Waals surface area contributed by atoms with Crippen molar-refractivity contribution in [3.8, 4) is 0 Å². The van der Waals surface area contributed by atoms with Crippen LogP contribution in [0, 0.1) is 10.1 Å². The van der Waals surface area contributed by atoms with Crippen LogP contribution in [0.3, 0.4) is 0 Å². The largest absolute Gasteiger partial charge is 0.316 e. The summed E-state index contributed by atoms with van der Waals surface area (Å²) in [5.41, 5.74) is 0.0161. The summed E-state index contributed by atoms with van der Waals surface area (Å²) in [7, 11) is 0.683. The highest BCUT2D eigenvalue weighted by Gasteiger charge is 2.10. The normalized spacial score (nSPS) is 14.4. The van der Waals surface area contributed by atoms with Crippen molar-refractivity contribution >= 4 is 16.5 Å². The van der Waals surface area contributed by atoms with Crippen LogP contribution >= 0.6 is 0 Å². The molecule has 16 heavy (non-hydrogen) atoms. The van der Waals surface area contributed by atoms with E-state index in [-0.39, 0.29) is 11.7 Å². The fraction of sp³-hybridized carbons (Fsp3) is 0.400. The average molecular weight is 242 g/mol. The minimum Gasteiger partial charge on any atom is -0.316 e. The highest BCUT2D eigenvalue weighted by Crippen LogP contribution is 2.14. The zero-order valence-corrected chi connectivity index (χ0v) is 9.99. The van der Waals surface area contributed by atoms with Gasteiger partial charge in [0.25, 0.3) is 5.69 Å². The monoisotopic (exact) mass is 242 g/mol. The van der Waals surface area contributed by atoms with Crippen LogP contribution in [0.2, 0.25) is 0 Å². The lowest BCUT2D eigenvalue weighted by Gasteiger charge is -2.09. The molecule has 1 rings (SSSR count). The van der Waals surface area contributed by atoms with Crippen molar-refractivity contribution in [2.24, 2.45) is 0 Å². The van der Waals surface area contributed by atoms with E-state index in [0.717, 1.165) is 0 Å². The van der Waals surface area contributed by atoms with E-state index in [1.165, 1.54) is 24.3 Å². The number of nitrogens with one attached hydrogen (secondary N) is 1. The van der Waals surface area contributed by atoms with Crippen molar-refractivity contribution in [1.82, 2.24) is 5.32 Å². The second-order valence-corrected chi connectivity index (χ2v) is 4.95. The minimum absolute atomic E-state index is 0.0161. The van der Waals surface area contributed by atoms with E-state index in [9.17, 15) is 14.3 Å². The highest BCUT2D eigenvalue weighted by atomic mass is 32.2. The molecule has 88 valence electrons. The van der Waals surface area contributed by atoms with Gasteiger partial charge in [0.2, 0.25) is 0 Å². The summed E-state index contributed by atoms with van der Waals surface area (Å²) in [5.74, 6) is 0.494. The van der Waals surface area contributed by atoms with Gasteiger partial charge in [0.1, 0.15) is 0 Å². The SMILES string of the molecule is CNC(C)CS(=O)c1ccc([N+](=O)[O-])cc1. The van der Waals surface area contributed by atoms with E-state index >= 15 is 0 Å². The van der Waals surface area contributed by atoms with Crippen LogP contribution in [-0.4, -0.2) is 28.0 Å². The first-order valence-electron chi connectivity index (χ1n) is 4.84. The topological polar surface area (TPSA) is 72.2 Å². The van der Waals surface area contributed by atoms with E-state index in [1.807, 2.05) is 6.92 Å². The predicted octanol–water partition coefficient (Wildman–Crippen LogP) is 1.31. The van der Waals surface area contributed by atoms with Crippen LogP contribution in [0.15, 0.2) is 29.2 Å². The second-order valence-electron chi connectivity index (χ2n) is 3.45. The van der Waals surface area contributed by atoms with Gasteiger partial charge in [0.15, 0.2) is 0 Å². The summed E-state index contributed by atoms with van der Waals surface area (Å²) in [6.07, 6.45) is 0. The van der Waals surface area contributed by atoms with Crippen molar-refractivity contribution in [2.45, 2.75) is 17.9 Å². The van der Waals surface area contributed by atoms with Crippen molar-refractivity contribution in [3.05, 3.63) is 34.4 Å². The summed E-state index contributed by atoms with van der Waals surface area (Å²) in [4.78, 5) is 10.6. The number of nitro benzene ring substituents is 1. The first-order valence-corrected chi connectivity index (χ1v) is 6.16. The lowest BCUT2D eigenvalue weighted by molar-refractivity contribution is -0.384. The minimum atomic E-state index is -1.12. The molecule has 5 nitrogen and oxygen atoms in total. The Morgan fingerprint density at radius 1 is 1.44 bits per heavy atom. The fourth-order valence-electron chi connectivity index (χ4n) is 1.13. The maximum atomic E-state index is 11.8. The summed E-state index contributed by atoms with van der Waals surface area (Å²) >= 11 is 0. The third-order valence-electron chi connectivity index (χ3n) is 2.20. The van der Waals surface area contributed by atoms with E-state index < -0.39 is 15.7 Å². The smallest absolute Gasteiger partial charge is 0.269 e. The summed E-state index contributed by atoms with van der Waals surface area (Å²) in [6, 6.07) is 5.97. The van der Waals surface area contributed by atoms with E-state index in [4.69, 9.17) is 0 Å². The molecule has 1 N–H and O–H groups in total. The van der Waals surface area contributed by atoms with Crippen LogP contribution in [-0.2, 0) is 10.8 Å². The molecule has 0 aliphatic carbocycles. The van der Waals surface area contributed by atoms with Gasteiger partial charge >= 0.3 is 0 Å². The molecule has 1 aromatic rings. The molecular weight excluding hydrogens is 228 g/mol. The molecule has 0 heterocycles. The lowest BCUT2D eigenvalue weighted by atomic mass is 10.3. The van der Waals surface area contributed by atoms with Crippen LogP contribution in [0.5, 0.6) is 0 Å². The Kier molecular flexibility index (Phi) is 4.57. The van der Waals surface area contributed by atoms with Gasteiger partial charge in [-0.25, -0.2) is 0 Å². The average Bonchev–Trinajstić information content (AvgIpc) is 2.28. The van der Waals surface area contributed by atoms with Crippen LogP contribution in [0.1, 0.15) is 6.92 Å². The third-order valence-corrected chi connectivity index (χ3v) is 3.81. The molecule has 0 aliphatic heterocycles. The summed E-state index contributed by atoms with van der Waals surface area (Å²) in [6.45, 7) is 1.93. The van der Waals surface area contributed by atoms with Gasteiger partial charge in [-0.15, -0.1) is 0 Å². The molecule has 0 saturated heterocycles. The first-order chi connectivity index (χ1) is 7.54. The Morgan fingerprint density at radius 2 is 2.00 bits per heavy atom. The maximum absolute atomic E-state index is 11.8. The molecule has 0 bridgehead atoms. The van der Waals surface area contributed by atoms with E-state index in [1.54, 1.807) is 7.05 Å². The number of benzene rings is 1. The zero-order valence-electron chi connectivity index (χ0n) is 9.17. The molecule has 1 aromatic carbocycles. The molecule has 0 fully saturated rings. The number of hydrogen-bond acceptors (Lipinski definition) is 4. The van der Waals surface area contributed by atoms with Gasteiger partial charge in [0, 0.05) is 28.8 Å². The molecule has 0 saturated carbocycles. The van der Waals surface area contributed by atoms with Crippen LogP contribution in [0.25, 0.3) is 0 Å². The Balaban J connectivity index is 2.74. The van der Waals surface area contributed by atoms with Gasteiger partial charge in [-0.3, -0.25) is 14.3 Å². The van der Waals surface area contributed by atoms with Gasteiger partial charge in [-0.1, -0.05) is 0 Å². The molecule has 0 radical (unpaired) electrons. The van der Waals surface area contributed by atoms with Crippen molar-refractivity contribution in [2.75, 3.05) is 12.8 Å². The maximum Gasteiger partial charge on any atom is 0.269 e. The molecule has 0 aliphatic rings. The molecule has 6 heteroatoms. The Hall–Kier alpha value is -1.27. The van der Waals surface area contributed by atoms with Gasteiger partial charge in [-0.05, 0) is 26.1 Å². The van der Waals surface area contributed by atoms with Crippen LogP contribution < -0.4 is 5.32 Å². The summed E-state index contributed by atoms with van der Waals surface area (Å²) < 4.78 is 11.8. The van der Waals surface area contributed by atoms with Gasteiger partial charge in [-0.2, -0.15) is 0 Å². The molecule has 0 aromatic heterocycles. The summed E-state index contributed by atoms with van der Waals surface area (Å²) in [5, 5.41) is 13.4. The Labute approximate surface area is 96.5 Å².